The third kappa shape index (κ3) is 2.54. The largest absolute Gasteiger partial charge is 0.334 e. The molecule has 1 fully saturated rings. The second-order valence-electron chi connectivity index (χ2n) is 5.86. The normalized spacial score (nSPS) is 29.0. The summed E-state index contributed by atoms with van der Waals surface area (Å²) >= 11 is 0. The van der Waals surface area contributed by atoms with Crippen LogP contribution in [0.15, 0.2) is 6.20 Å². The minimum absolute atomic E-state index is 0.804. The van der Waals surface area contributed by atoms with Crippen molar-refractivity contribution in [3.05, 3.63) is 17.7 Å². The number of hydrogen-bond donors (Lipinski definition) is 1. The molecule has 1 aromatic rings. The zero-order chi connectivity index (χ0) is 11.7. The molecule has 0 aromatic carbocycles. The van der Waals surface area contributed by atoms with Gasteiger partial charge in [0, 0.05) is 19.2 Å². The van der Waals surface area contributed by atoms with Crippen LogP contribution < -0.4 is 5.32 Å². The van der Waals surface area contributed by atoms with E-state index in [1.807, 2.05) is 0 Å². The Morgan fingerprint density at radius 2 is 2.41 bits per heavy atom. The maximum absolute atomic E-state index is 4.81. The van der Waals surface area contributed by atoms with Crippen molar-refractivity contribution < 1.29 is 0 Å². The number of aryl methyl sites for hydroxylation is 1. The summed E-state index contributed by atoms with van der Waals surface area (Å²) in [5, 5.41) is 3.49. The number of nitrogens with zero attached hydrogens (tertiary/aromatic N) is 2. The second kappa shape index (κ2) is 4.81. The van der Waals surface area contributed by atoms with Crippen LogP contribution in [0.2, 0.25) is 0 Å². The third-order valence-corrected chi connectivity index (χ3v) is 4.17. The van der Waals surface area contributed by atoms with Gasteiger partial charge in [-0.1, -0.05) is 6.92 Å². The minimum atomic E-state index is 0.804. The molecule has 0 aliphatic carbocycles. The zero-order valence-corrected chi connectivity index (χ0v) is 10.8. The van der Waals surface area contributed by atoms with Crippen LogP contribution in [0.3, 0.4) is 0 Å². The van der Waals surface area contributed by atoms with Crippen LogP contribution in [-0.4, -0.2) is 22.6 Å². The number of aromatic nitrogens is 2. The molecule has 2 aliphatic heterocycles. The van der Waals surface area contributed by atoms with Gasteiger partial charge < -0.3 is 9.88 Å². The highest BCUT2D eigenvalue weighted by atomic mass is 15.1. The van der Waals surface area contributed by atoms with E-state index in [9.17, 15) is 0 Å². The summed E-state index contributed by atoms with van der Waals surface area (Å²) in [5.74, 6) is 2.95. The Balaban J connectivity index is 1.67. The van der Waals surface area contributed by atoms with Gasteiger partial charge in [0.2, 0.25) is 0 Å². The monoisotopic (exact) mass is 233 g/mol. The number of rotatable bonds is 2. The number of piperidine rings is 1. The summed E-state index contributed by atoms with van der Waals surface area (Å²) < 4.78 is 2.39. The molecule has 94 valence electrons. The van der Waals surface area contributed by atoms with Crippen molar-refractivity contribution in [3.63, 3.8) is 0 Å². The molecule has 3 heterocycles. The van der Waals surface area contributed by atoms with Gasteiger partial charge in [-0.3, -0.25) is 0 Å². The van der Waals surface area contributed by atoms with E-state index >= 15 is 0 Å². The number of imidazole rings is 1. The van der Waals surface area contributed by atoms with E-state index < -0.39 is 0 Å². The van der Waals surface area contributed by atoms with E-state index in [0.717, 1.165) is 11.8 Å². The first-order chi connectivity index (χ1) is 8.31. The average molecular weight is 233 g/mol. The molecule has 1 N–H and O–H groups in total. The maximum atomic E-state index is 4.81. The maximum Gasteiger partial charge on any atom is 0.108 e. The van der Waals surface area contributed by atoms with Crippen molar-refractivity contribution in [2.75, 3.05) is 13.1 Å². The molecule has 0 radical (unpaired) electrons. The number of nitrogens with one attached hydrogen (secondary N) is 1. The van der Waals surface area contributed by atoms with E-state index in [-0.39, 0.29) is 0 Å². The Kier molecular flexibility index (Phi) is 3.19. The second-order valence-corrected chi connectivity index (χ2v) is 5.86. The molecule has 3 heteroatoms. The molecule has 1 aromatic heterocycles. The summed E-state index contributed by atoms with van der Waals surface area (Å²) in [6.45, 7) is 5.89. The van der Waals surface area contributed by atoms with Crippen molar-refractivity contribution in [1.29, 1.82) is 0 Å². The first kappa shape index (κ1) is 11.3. The fourth-order valence-electron chi connectivity index (χ4n) is 3.17. The summed E-state index contributed by atoms with van der Waals surface area (Å²) in [6, 6.07) is 0. The van der Waals surface area contributed by atoms with Crippen LogP contribution in [-0.2, 0) is 19.4 Å². The highest BCUT2D eigenvalue weighted by molar-refractivity contribution is 5.08. The van der Waals surface area contributed by atoms with Gasteiger partial charge in [0.25, 0.3) is 0 Å². The summed E-state index contributed by atoms with van der Waals surface area (Å²) in [5.41, 5.74) is 1.32. The summed E-state index contributed by atoms with van der Waals surface area (Å²) in [6.07, 6.45) is 8.65. The summed E-state index contributed by atoms with van der Waals surface area (Å²) in [7, 11) is 0. The quantitative estimate of drug-likeness (QED) is 0.847. The molecule has 1 saturated heterocycles. The molecule has 2 unspecified atom stereocenters. The van der Waals surface area contributed by atoms with E-state index in [2.05, 4.69) is 23.0 Å². The van der Waals surface area contributed by atoms with Crippen LogP contribution in [0.25, 0.3) is 0 Å². The fourth-order valence-corrected chi connectivity index (χ4v) is 3.17. The Hall–Kier alpha value is -0.830. The van der Waals surface area contributed by atoms with E-state index in [1.54, 1.807) is 0 Å². The van der Waals surface area contributed by atoms with Crippen LogP contribution >= 0.6 is 0 Å². The van der Waals surface area contributed by atoms with E-state index in [1.165, 1.54) is 63.3 Å². The molecule has 0 amide bonds. The lowest BCUT2D eigenvalue weighted by molar-refractivity contribution is 0.374. The van der Waals surface area contributed by atoms with Gasteiger partial charge in [-0.25, -0.2) is 4.98 Å². The number of hydrogen-bond acceptors (Lipinski definition) is 2. The molecule has 2 aliphatic rings. The van der Waals surface area contributed by atoms with Crippen LogP contribution in [0, 0.1) is 11.8 Å². The van der Waals surface area contributed by atoms with Crippen LogP contribution in [0.5, 0.6) is 0 Å². The van der Waals surface area contributed by atoms with Crippen molar-refractivity contribution in [3.8, 4) is 0 Å². The Morgan fingerprint density at radius 3 is 3.24 bits per heavy atom. The summed E-state index contributed by atoms with van der Waals surface area (Å²) in [4.78, 5) is 4.81. The lowest BCUT2D eigenvalue weighted by Crippen LogP contribution is -2.30. The molecule has 0 bridgehead atoms. The molecule has 2 atom stereocenters. The zero-order valence-electron chi connectivity index (χ0n) is 10.8. The molecular formula is C14H23N3. The van der Waals surface area contributed by atoms with Gasteiger partial charge in [-0.2, -0.15) is 0 Å². The van der Waals surface area contributed by atoms with Gasteiger partial charge in [-0.05, 0) is 50.6 Å². The lowest BCUT2D eigenvalue weighted by atomic mass is 9.95. The van der Waals surface area contributed by atoms with Crippen molar-refractivity contribution in [1.82, 2.24) is 14.9 Å². The Morgan fingerprint density at radius 1 is 1.47 bits per heavy atom. The Bertz CT molecular complexity index is 377. The molecular weight excluding hydrogens is 210 g/mol. The lowest BCUT2D eigenvalue weighted by Gasteiger charge is -2.21. The third-order valence-electron chi connectivity index (χ3n) is 4.17. The smallest absolute Gasteiger partial charge is 0.108 e. The predicted octanol–water partition coefficient (Wildman–Crippen LogP) is 2.01. The van der Waals surface area contributed by atoms with Crippen LogP contribution in [0.1, 0.15) is 37.7 Å². The number of fused-ring (bicyclic) bond motifs is 1. The van der Waals surface area contributed by atoms with Gasteiger partial charge in [-0.15, -0.1) is 0 Å². The first-order valence-corrected chi connectivity index (χ1v) is 7.07. The minimum Gasteiger partial charge on any atom is -0.334 e. The molecule has 3 nitrogen and oxygen atoms in total. The molecule has 17 heavy (non-hydrogen) atoms. The SMILES string of the molecule is CC1CCc2nc(CC3CCCNC3)cn2C1. The predicted molar refractivity (Wildman–Crippen MR) is 69.0 cm³/mol. The molecule has 3 rings (SSSR count). The van der Waals surface area contributed by atoms with Gasteiger partial charge >= 0.3 is 0 Å². The average Bonchev–Trinajstić information content (AvgIpc) is 2.71. The van der Waals surface area contributed by atoms with Gasteiger partial charge in [0.1, 0.15) is 5.82 Å². The molecule has 0 spiro atoms. The standard InChI is InChI=1S/C14H23N3/c1-11-4-5-14-16-13(10-17(14)9-11)7-12-3-2-6-15-8-12/h10-12,15H,2-9H2,1H3. The topological polar surface area (TPSA) is 29.9 Å². The van der Waals surface area contributed by atoms with Gasteiger partial charge in [0.15, 0.2) is 0 Å². The highest BCUT2D eigenvalue weighted by Gasteiger charge is 2.19. The highest BCUT2D eigenvalue weighted by Crippen LogP contribution is 2.22. The van der Waals surface area contributed by atoms with E-state index in [0.29, 0.717) is 0 Å². The fraction of sp³-hybridized carbons (Fsp3) is 0.786. The van der Waals surface area contributed by atoms with Gasteiger partial charge in [0.05, 0.1) is 5.69 Å². The van der Waals surface area contributed by atoms with E-state index in [4.69, 9.17) is 4.98 Å². The Labute approximate surface area is 104 Å². The van der Waals surface area contributed by atoms with Crippen LogP contribution in [0.4, 0.5) is 0 Å². The first-order valence-electron chi connectivity index (χ1n) is 7.07. The van der Waals surface area contributed by atoms with Crippen molar-refractivity contribution in [2.45, 2.75) is 45.6 Å². The van der Waals surface area contributed by atoms with Crippen molar-refractivity contribution >= 4 is 0 Å². The van der Waals surface area contributed by atoms with Crippen molar-refractivity contribution in [2.24, 2.45) is 11.8 Å². The molecule has 0 saturated carbocycles.